The highest BCUT2D eigenvalue weighted by Gasteiger charge is 2.26. The molecule has 0 amide bonds. The van der Waals surface area contributed by atoms with E-state index in [0.717, 1.165) is 0 Å². The summed E-state index contributed by atoms with van der Waals surface area (Å²) in [5, 5.41) is 0.608. The van der Waals surface area contributed by atoms with Crippen LogP contribution in [0.5, 0.6) is 0 Å². The summed E-state index contributed by atoms with van der Waals surface area (Å²) in [6.07, 6.45) is 2.10. The molecular formula is C7H10BrO2. The lowest BCUT2D eigenvalue weighted by atomic mass is 9.89. The van der Waals surface area contributed by atoms with Crippen LogP contribution in [0.1, 0.15) is 20.3 Å². The van der Waals surface area contributed by atoms with E-state index in [1.54, 1.807) is 20.1 Å². The van der Waals surface area contributed by atoms with Crippen LogP contribution in [0.3, 0.4) is 0 Å². The van der Waals surface area contributed by atoms with Crippen molar-refractivity contribution in [2.75, 3.05) is 5.33 Å². The number of hydrogen-bond acceptors (Lipinski definition) is 2. The van der Waals surface area contributed by atoms with Gasteiger partial charge in [-0.05, 0) is 13.8 Å². The molecule has 10 heavy (non-hydrogen) atoms. The zero-order chi connectivity index (χ0) is 8.20. The van der Waals surface area contributed by atoms with E-state index in [1.807, 2.05) is 0 Å². The van der Waals surface area contributed by atoms with E-state index in [0.29, 0.717) is 11.8 Å². The molecule has 3 heteroatoms. The molecule has 0 spiro atoms. The number of hydrogen-bond donors (Lipinski definition) is 0. The predicted molar refractivity (Wildman–Crippen MR) is 42.9 cm³/mol. The van der Waals surface area contributed by atoms with Gasteiger partial charge in [0.25, 0.3) is 0 Å². The Morgan fingerprint density at radius 3 is 2.40 bits per heavy atom. The number of carbonyl (C=O) groups is 1. The van der Waals surface area contributed by atoms with E-state index < -0.39 is 5.41 Å². The summed E-state index contributed by atoms with van der Waals surface area (Å²) >= 11 is 3.12. The molecule has 2 nitrogen and oxygen atoms in total. The molecule has 0 N–H and O–H groups in total. The molecule has 0 aromatic heterocycles. The zero-order valence-electron chi connectivity index (χ0n) is 6.11. The zero-order valence-corrected chi connectivity index (χ0v) is 7.69. The van der Waals surface area contributed by atoms with E-state index >= 15 is 0 Å². The van der Waals surface area contributed by atoms with Gasteiger partial charge in [0.1, 0.15) is 5.78 Å². The Morgan fingerprint density at radius 2 is 2.10 bits per heavy atom. The molecule has 0 heterocycles. The standard InChI is InChI=1S/C7H10BrO2/c1-7(2,5-9)6(10)3-4-8/h3-4H2,1-2H3. The maximum atomic E-state index is 11.0. The molecule has 0 aliphatic heterocycles. The monoisotopic (exact) mass is 205 g/mol. The second-order valence-corrected chi connectivity index (χ2v) is 3.38. The molecule has 0 saturated heterocycles. The largest absolute Gasteiger partial charge is 0.299 e. The first-order valence-electron chi connectivity index (χ1n) is 3.03. The second-order valence-electron chi connectivity index (χ2n) is 2.59. The minimum Gasteiger partial charge on any atom is -0.299 e. The molecule has 0 aliphatic rings. The summed E-state index contributed by atoms with van der Waals surface area (Å²) in [6.45, 7) is 3.15. The van der Waals surface area contributed by atoms with Gasteiger partial charge >= 0.3 is 0 Å². The van der Waals surface area contributed by atoms with E-state index in [1.165, 1.54) is 0 Å². The lowest BCUT2D eigenvalue weighted by Gasteiger charge is -2.11. The summed E-state index contributed by atoms with van der Waals surface area (Å²) in [7, 11) is 0. The van der Waals surface area contributed by atoms with Crippen molar-refractivity contribution in [2.24, 2.45) is 5.41 Å². The normalized spacial score (nSPS) is 11.1. The molecule has 0 fully saturated rings. The lowest BCUT2D eigenvalue weighted by Crippen LogP contribution is -2.25. The molecule has 0 aromatic carbocycles. The Balaban J connectivity index is 4.04. The van der Waals surface area contributed by atoms with Crippen molar-refractivity contribution in [3.8, 4) is 0 Å². The van der Waals surface area contributed by atoms with Crippen LogP contribution in [0.15, 0.2) is 0 Å². The topological polar surface area (TPSA) is 34.1 Å². The van der Waals surface area contributed by atoms with Crippen molar-refractivity contribution < 1.29 is 9.59 Å². The summed E-state index contributed by atoms with van der Waals surface area (Å²) < 4.78 is 0. The van der Waals surface area contributed by atoms with Crippen LogP contribution >= 0.6 is 15.9 Å². The van der Waals surface area contributed by atoms with Crippen molar-refractivity contribution in [3.63, 3.8) is 0 Å². The van der Waals surface area contributed by atoms with Crippen molar-refractivity contribution in [1.29, 1.82) is 0 Å². The Labute approximate surface area is 69.1 Å². The fourth-order valence-corrected chi connectivity index (χ4v) is 0.815. The molecule has 0 rings (SSSR count). The van der Waals surface area contributed by atoms with Crippen LogP contribution in [0, 0.1) is 5.41 Å². The van der Waals surface area contributed by atoms with Crippen LogP contribution in [0.2, 0.25) is 0 Å². The summed E-state index contributed by atoms with van der Waals surface area (Å²) in [5.41, 5.74) is -0.923. The Hall–Kier alpha value is -0.180. The van der Waals surface area contributed by atoms with Gasteiger partial charge in [-0.2, -0.15) is 0 Å². The molecule has 0 aliphatic carbocycles. The first-order chi connectivity index (χ1) is 4.54. The van der Waals surface area contributed by atoms with Crippen LogP contribution in [-0.4, -0.2) is 17.4 Å². The average Bonchev–Trinajstić information content (AvgIpc) is 1.89. The minimum absolute atomic E-state index is 0.0700. The van der Waals surface area contributed by atoms with Gasteiger partial charge in [0.15, 0.2) is 0 Å². The first-order valence-corrected chi connectivity index (χ1v) is 4.15. The SMILES string of the molecule is CC(C)([C]=O)C(=O)CCBr. The van der Waals surface area contributed by atoms with Gasteiger partial charge < -0.3 is 0 Å². The van der Waals surface area contributed by atoms with Gasteiger partial charge in [0.2, 0.25) is 6.29 Å². The van der Waals surface area contributed by atoms with Crippen LogP contribution in [0.4, 0.5) is 0 Å². The maximum Gasteiger partial charge on any atom is 0.212 e. The summed E-state index contributed by atoms with van der Waals surface area (Å²) in [5.74, 6) is -0.0700. The highest BCUT2D eigenvalue weighted by Crippen LogP contribution is 2.14. The average molecular weight is 206 g/mol. The molecule has 0 saturated carbocycles. The smallest absolute Gasteiger partial charge is 0.212 e. The third-order valence-electron chi connectivity index (χ3n) is 1.27. The third-order valence-corrected chi connectivity index (χ3v) is 1.67. The number of rotatable bonds is 4. The summed E-state index contributed by atoms with van der Waals surface area (Å²) in [4.78, 5) is 21.2. The van der Waals surface area contributed by atoms with Gasteiger partial charge in [-0.3, -0.25) is 9.59 Å². The summed E-state index contributed by atoms with van der Waals surface area (Å²) in [6, 6.07) is 0. The maximum absolute atomic E-state index is 11.0. The molecule has 1 radical (unpaired) electrons. The number of ketones is 1. The highest BCUT2D eigenvalue weighted by molar-refractivity contribution is 9.09. The Bertz CT molecular complexity index is 141. The fraction of sp³-hybridized carbons (Fsp3) is 0.714. The van der Waals surface area contributed by atoms with Gasteiger partial charge in [-0.1, -0.05) is 15.9 Å². The highest BCUT2D eigenvalue weighted by atomic mass is 79.9. The van der Waals surface area contributed by atoms with Crippen molar-refractivity contribution in [2.45, 2.75) is 20.3 Å². The molecule has 0 unspecified atom stereocenters. The van der Waals surface area contributed by atoms with Crippen molar-refractivity contribution >= 4 is 28.0 Å². The molecular weight excluding hydrogens is 196 g/mol. The van der Waals surface area contributed by atoms with Gasteiger partial charge in [-0.25, -0.2) is 0 Å². The number of Topliss-reactive ketones (excluding diaryl/α,β-unsaturated/α-hetero) is 1. The molecule has 0 aromatic rings. The lowest BCUT2D eigenvalue weighted by molar-refractivity contribution is -0.123. The molecule has 0 bridgehead atoms. The van der Waals surface area contributed by atoms with Crippen LogP contribution in [-0.2, 0) is 9.59 Å². The fourth-order valence-electron chi connectivity index (χ4n) is 0.455. The van der Waals surface area contributed by atoms with Gasteiger partial charge in [-0.15, -0.1) is 0 Å². The molecule has 0 atom stereocenters. The van der Waals surface area contributed by atoms with E-state index in [4.69, 9.17) is 0 Å². The van der Waals surface area contributed by atoms with Gasteiger partial charge in [0.05, 0.1) is 5.41 Å². The van der Waals surface area contributed by atoms with Crippen molar-refractivity contribution in [3.05, 3.63) is 0 Å². The number of alkyl halides is 1. The minimum atomic E-state index is -0.923. The third kappa shape index (κ3) is 2.60. The van der Waals surface area contributed by atoms with E-state index in [-0.39, 0.29) is 5.78 Å². The Morgan fingerprint density at radius 1 is 1.60 bits per heavy atom. The van der Waals surface area contributed by atoms with E-state index in [2.05, 4.69) is 15.9 Å². The van der Waals surface area contributed by atoms with Gasteiger partial charge in [0, 0.05) is 11.8 Å². The van der Waals surface area contributed by atoms with Crippen LogP contribution < -0.4 is 0 Å². The second kappa shape index (κ2) is 3.86. The number of carbonyl (C=O) groups excluding carboxylic acids is 2. The number of halogens is 1. The van der Waals surface area contributed by atoms with Crippen LogP contribution in [0.25, 0.3) is 0 Å². The first kappa shape index (κ1) is 9.82. The predicted octanol–water partition coefficient (Wildman–Crippen LogP) is 1.48. The van der Waals surface area contributed by atoms with Crippen molar-refractivity contribution in [1.82, 2.24) is 0 Å². The molecule has 57 valence electrons. The van der Waals surface area contributed by atoms with E-state index in [9.17, 15) is 9.59 Å². The quantitative estimate of drug-likeness (QED) is 0.515. The Kier molecular flexibility index (Phi) is 3.79.